The Morgan fingerprint density at radius 1 is 0.282 bits per heavy atom. The molecule has 0 aliphatic rings. The molecule has 0 saturated heterocycles. The van der Waals surface area contributed by atoms with Gasteiger partial charge in [0, 0.05) is 38.9 Å². The van der Waals surface area contributed by atoms with Crippen molar-refractivity contribution in [2.24, 2.45) is 0 Å². The summed E-state index contributed by atoms with van der Waals surface area (Å²) in [5.41, 5.74) is 18.8. The highest BCUT2D eigenvalue weighted by Gasteiger charge is 2.25. The summed E-state index contributed by atoms with van der Waals surface area (Å²) in [5.74, 6) is 0. The second kappa shape index (κ2) is 19.0. The number of aromatic nitrogens is 3. The van der Waals surface area contributed by atoms with Crippen molar-refractivity contribution >= 4 is 43.6 Å². The Morgan fingerprint density at radius 3 is 0.936 bits per heavy atom. The average molecular weight is 991 g/mol. The zero-order valence-corrected chi connectivity index (χ0v) is 41.5. The molecule has 0 saturated carbocycles. The molecule has 13 rings (SSSR count). The highest BCUT2D eigenvalue weighted by molar-refractivity contribution is 6.14. The smallest absolute Gasteiger partial charge is 0.104 e. The molecule has 10 aromatic carbocycles. The highest BCUT2D eigenvalue weighted by atomic mass is 15.0. The molecule has 0 spiro atoms. The van der Waals surface area contributed by atoms with Crippen molar-refractivity contribution in [1.82, 2.24) is 14.1 Å². The zero-order valence-electron chi connectivity index (χ0n) is 41.5. The third kappa shape index (κ3) is 7.87. The molecule has 8 heteroatoms. The fourth-order valence-corrected chi connectivity index (χ4v) is 10.9. The monoisotopic (exact) mass is 990 g/mol. The quantitative estimate of drug-likeness (QED) is 0.148. The first-order chi connectivity index (χ1) is 38.4. The number of nitrogens with zero attached hydrogens (tertiary/aromatic N) is 8. The van der Waals surface area contributed by atoms with Crippen LogP contribution in [0.3, 0.4) is 0 Å². The lowest BCUT2D eigenvalue weighted by atomic mass is 9.96. The molecular weight excluding hydrogens is 953 g/mol. The van der Waals surface area contributed by atoms with Crippen LogP contribution in [0.15, 0.2) is 231 Å². The fourth-order valence-electron chi connectivity index (χ4n) is 10.9. The number of pyridine rings is 1. The van der Waals surface area contributed by atoms with Gasteiger partial charge < -0.3 is 9.13 Å². The number of nitriles is 5. The molecule has 8 nitrogen and oxygen atoms in total. The van der Waals surface area contributed by atoms with E-state index >= 15 is 0 Å². The molecule has 0 fully saturated rings. The van der Waals surface area contributed by atoms with E-state index < -0.39 is 0 Å². The van der Waals surface area contributed by atoms with Crippen molar-refractivity contribution in [3.63, 3.8) is 0 Å². The van der Waals surface area contributed by atoms with Gasteiger partial charge in [0.25, 0.3) is 0 Å². The third-order valence-electron chi connectivity index (χ3n) is 14.8. The standard InChI is InChI=1S/C70H38N8/c71-39-44-8-16-48(17-9-44)53-24-28-64-59(33-53)60-34-54(49-18-10-45(40-72)11-19-49)25-29-65(60)77(64)68-37-57(58-7-4-32-76-70(58)52-5-2-1-3-6-52)38-69(63(68)43-75)78-66-30-26-55(50-20-12-46(41-73)13-21-50)35-61(66)62-36-56(27-31-67(62)78)51-22-14-47(42-74)15-23-51/h1-38H. The van der Waals surface area contributed by atoms with Crippen LogP contribution in [0.1, 0.15) is 27.8 Å². The molecule has 0 aliphatic carbocycles. The van der Waals surface area contributed by atoms with Gasteiger partial charge in [0.05, 0.1) is 85.7 Å². The van der Waals surface area contributed by atoms with Gasteiger partial charge in [-0.2, -0.15) is 26.3 Å². The van der Waals surface area contributed by atoms with Gasteiger partial charge in [0.1, 0.15) is 11.6 Å². The predicted molar refractivity (Wildman–Crippen MR) is 309 cm³/mol. The Hall–Kier alpha value is -11.6. The van der Waals surface area contributed by atoms with Crippen LogP contribution in [-0.2, 0) is 0 Å². The summed E-state index contributed by atoms with van der Waals surface area (Å²) in [6.07, 6.45) is 1.81. The van der Waals surface area contributed by atoms with Crippen molar-refractivity contribution < 1.29 is 0 Å². The highest BCUT2D eigenvalue weighted by Crippen LogP contribution is 2.44. The molecule has 0 amide bonds. The number of rotatable bonds is 8. The van der Waals surface area contributed by atoms with Gasteiger partial charge in [-0.05, 0) is 165 Å². The molecule has 0 atom stereocenters. The Balaban J connectivity index is 1.13. The van der Waals surface area contributed by atoms with Crippen molar-refractivity contribution in [2.75, 3.05) is 0 Å². The van der Waals surface area contributed by atoms with E-state index in [4.69, 9.17) is 4.98 Å². The fraction of sp³-hybridized carbons (Fsp3) is 0. The second-order valence-corrected chi connectivity index (χ2v) is 19.1. The molecule has 3 heterocycles. The lowest BCUT2D eigenvalue weighted by Crippen LogP contribution is -2.05. The summed E-state index contributed by atoms with van der Waals surface area (Å²) in [6, 6.07) is 86.1. The van der Waals surface area contributed by atoms with Crippen molar-refractivity contribution in [3.05, 3.63) is 258 Å². The van der Waals surface area contributed by atoms with Crippen LogP contribution < -0.4 is 0 Å². The Labute approximate surface area is 448 Å². The Kier molecular flexibility index (Phi) is 11.3. The van der Waals surface area contributed by atoms with Crippen LogP contribution in [-0.4, -0.2) is 14.1 Å². The summed E-state index contributed by atoms with van der Waals surface area (Å²) in [6.45, 7) is 0. The normalized spacial score (nSPS) is 11.0. The minimum Gasteiger partial charge on any atom is -0.308 e. The van der Waals surface area contributed by atoms with Gasteiger partial charge in [-0.3, -0.25) is 4.98 Å². The van der Waals surface area contributed by atoms with Crippen molar-refractivity contribution in [3.8, 4) is 109 Å². The van der Waals surface area contributed by atoms with Crippen LogP contribution in [0.2, 0.25) is 0 Å². The van der Waals surface area contributed by atoms with Crippen LogP contribution in [0, 0.1) is 56.7 Å². The Morgan fingerprint density at radius 2 is 0.615 bits per heavy atom. The number of fused-ring (bicyclic) bond motifs is 6. The van der Waals surface area contributed by atoms with E-state index in [1.807, 2.05) is 128 Å². The summed E-state index contributed by atoms with van der Waals surface area (Å²) in [5, 5.41) is 54.3. The van der Waals surface area contributed by atoms with E-state index in [9.17, 15) is 26.3 Å². The van der Waals surface area contributed by atoms with Gasteiger partial charge in [-0.1, -0.05) is 109 Å². The molecule has 78 heavy (non-hydrogen) atoms. The topological polar surface area (TPSA) is 142 Å². The molecule has 358 valence electrons. The van der Waals surface area contributed by atoms with E-state index in [1.165, 1.54) is 0 Å². The first-order valence-electron chi connectivity index (χ1n) is 25.2. The van der Waals surface area contributed by atoms with E-state index in [-0.39, 0.29) is 0 Å². The number of hydrogen-bond acceptors (Lipinski definition) is 6. The van der Waals surface area contributed by atoms with Gasteiger partial charge in [-0.25, -0.2) is 0 Å². The van der Waals surface area contributed by atoms with Crippen LogP contribution >= 0.6 is 0 Å². The van der Waals surface area contributed by atoms with E-state index in [2.05, 4.69) is 143 Å². The molecule has 0 unspecified atom stereocenters. The second-order valence-electron chi connectivity index (χ2n) is 19.1. The van der Waals surface area contributed by atoms with E-state index in [0.717, 1.165) is 111 Å². The Bertz CT molecular complexity index is 4310. The first-order valence-corrected chi connectivity index (χ1v) is 25.2. The maximum atomic E-state index is 11.9. The average Bonchev–Trinajstić information content (AvgIpc) is 4.25. The SMILES string of the molecule is N#Cc1ccc(-c2ccc3c(c2)c2cc(-c4ccc(C#N)cc4)ccc2n3-c2cc(-c3cccnc3-c3ccccc3)cc(-n3c4ccc(-c5ccc(C#N)cc5)cc4c4cc(-c5ccc(C#N)cc5)ccc43)c2C#N)cc1. The molecule has 13 aromatic rings. The maximum Gasteiger partial charge on any atom is 0.104 e. The van der Waals surface area contributed by atoms with Crippen LogP contribution in [0.25, 0.3) is 122 Å². The lowest BCUT2D eigenvalue weighted by Gasteiger charge is -2.19. The molecule has 0 bridgehead atoms. The molecule has 0 radical (unpaired) electrons. The summed E-state index contributed by atoms with van der Waals surface area (Å²) < 4.78 is 4.42. The third-order valence-corrected chi connectivity index (χ3v) is 14.8. The molecule has 0 N–H and O–H groups in total. The molecule has 0 aliphatic heterocycles. The van der Waals surface area contributed by atoms with Gasteiger partial charge >= 0.3 is 0 Å². The summed E-state index contributed by atoms with van der Waals surface area (Å²) in [7, 11) is 0. The number of benzene rings is 10. The van der Waals surface area contributed by atoms with Gasteiger partial charge in [-0.15, -0.1) is 0 Å². The first kappa shape index (κ1) is 46.2. The molecule has 3 aromatic heterocycles. The van der Waals surface area contributed by atoms with Crippen molar-refractivity contribution in [1.29, 1.82) is 26.3 Å². The molecular formula is C70H38N8. The summed E-state index contributed by atoms with van der Waals surface area (Å²) >= 11 is 0. The summed E-state index contributed by atoms with van der Waals surface area (Å²) in [4.78, 5) is 5.00. The van der Waals surface area contributed by atoms with Crippen LogP contribution in [0.4, 0.5) is 0 Å². The minimum absolute atomic E-state index is 0.446. The van der Waals surface area contributed by atoms with E-state index in [0.29, 0.717) is 39.2 Å². The van der Waals surface area contributed by atoms with Crippen molar-refractivity contribution in [2.45, 2.75) is 0 Å². The predicted octanol–water partition coefficient (Wildman–Crippen LogP) is 16.6. The lowest BCUT2D eigenvalue weighted by molar-refractivity contribution is 1.12. The largest absolute Gasteiger partial charge is 0.308 e. The number of hydrogen-bond donors (Lipinski definition) is 0. The zero-order chi connectivity index (χ0) is 52.9. The maximum absolute atomic E-state index is 11.9. The van der Waals surface area contributed by atoms with Gasteiger partial charge in [0.2, 0.25) is 0 Å². The minimum atomic E-state index is 0.446. The van der Waals surface area contributed by atoms with Gasteiger partial charge in [0.15, 0.2) is 0 Å². The van der Waals surface area contributed by atoms with Crippen LogP contribution in [0.5, 0.6) is 0 Å². The van der Waals surface area contributed by atoms with E-state index in [1.54, 1.807) is 0 Å².